The highest BCUT2D eigenvalue weighted by Crippen LogP contribution is 2.47. The summed E-state index contributed by atoms with van der Waals surface area (Å²) in [6, 6.07) is 1.22. The standard InChI is InChI=1S/C30H53ClFN7O/c31-20-4-5-26-30(10-2-1-3-11-30)16-23(35-17-20)27(28(33)37-26)29(40)36-24-18-34-12-6-25(24)38-14-8-22(9-15-38)39-13-7-21(32)19-39/h20-28,34-35,37H,1-19,33H2,(H,36,40). The van der Waals surface area contributed by atoms with Gasteiger partial charge in [0.15, 0.2) is 0 Å². The summed E-state index contributed by atoms with van der Waals surface area (Å²) in [7, 11) is 0. The van der Waals surface area contributed by atoms with Gasteiger partial charge < -0.3 is 21.7 Å². The number of nitrogens with one attached hydrogen (secondary N) is 4. The number of amides is 1. The molecule has 6 fully saturated rings. The van der Waals surface area contributed by atoms with Crippen LogP contribution in [0.2, 0.25) is 0 Å². The Kier molecular flexibility index (Phi) is 9.58. The number of carbonyl (C=O) groups is 1. The molecule has 0 aromatic rings. The highest BCUT2D eigenvalue weighted by atomic mass is 35.5. The Balaban J connectivity index is 1.13. The van der Waals surface area contributed by atoms with Crippen LogP contribution in [-0.2, 0) is 4.79 Å². The van der Waals surface area contributed by atoms with E-state index in [2.05, 4.69) is 31.1 Å². The fraction of sp³-hybridized carbons (Fsp3) is 0.967. The molecule has 0 aromatic heterocycles. The van der Waals surface area contributed by atoms with Gasteiger partial charge in [0.25, 0.3) is 0 Å². The van der Waals surface area contributed by atoms with E-state index in [0.29, 0.717) is 31.1 Å². The fourth-order valence-electron chi connectivity index (χ4n) is 9.31. The third kappa shape index (κ3) is 6.36. The maximum atomic E-state index is 14.2. The molecule has 2 bridgehead atoms. The van der Waals surface area contributed by atoms with Crippen LogP contribution in [0.15, 0.2) is 0 Å². The van der Waals surface area contributed by atoms with E-state index in [1.165, 1.54) is 32.1 Å². The van der Waals surface area contributed by atoms with Crippen LogP contribution in [0.5, 0.6) is 0 Å². The lowest BCUT2D eigenvalue weighted by molar-refractivity contribution is -0.128. The Morgan fingerprint density at radius 3 is 2.50 bits per heavy atom. The Morgan fingerprint density at radius 1 is 0.975 bits per heavy atom. The summed E-state index contributed by atoms with van der Waals surface area (Å²) >= 11 is 6.73. The molecular formula is C30H53ClFN7O. The van der Waals surface area contributed by atoms with E-state index in [9.17, 15) is 9.18 Å². The lowest BCUT2D eigenvalue weighted by Gasteiger charge is -2.45. The minimum absolute atomic E-state index is 0.0236. The number of piperidine rings is 2. The summed E-state index contributed by atoms with van der Waals surface area (Å²) < 4.78 is 13.8. The van der Waals surface area contributed by atoms with Crippen molar-refractivity contribution in [1.82, 2.24) is 31.1 Å². The van der Waals surface area contributed by atoms with E-state index < -0.39 is 6.17 Å². The number of hydrogen-bond acceptors (Lipinski definition) is 7. The average molecular weight is 582 g/mol. The van der Waals surface area contributed by atoms with Gasteiger partial charge in [-0.15, -0.1) is 11.6 Å². The number of hydrogen-bond donors (Lipinski definition) is 5. The summed E-state index contributed by atoms with van der Waals surface area (Å²) in [5.41, 5.74) is 7.08. The van der Waals surface area contributed by atoms with E-state index in [-0.39, 0.29) is 40.9 Å². The molecule has 228 valence electrons. The van der Waals surface area contributed by atoms with Crippen molar-refractivity contribution in [2.24, 2.45) is 17.1 Å². The van der Waals surface area contributed by atoms with Gasteiger partial charge in [-0.3, -0.25) is 19.9 Å². The largest absolute Gasteiger partial charge is 0.350 e. The highest BCUT2D eigenvalue weighted by Gasteiger charge is 2.50. The zero-order valence-electron chi connectivity index (χ0n) is 24.3. The van der Waals surface area contributed by atoms with Crippen molar-refractivity contribution in [3.63, 3.8) is 0 Å². The molecule has 0 aromatic carbocycles. The third-order valence-electron chi connectivity index (χ3n) is 11.5. The SMILES string of the molecule is NC1NC2CCC(Cl)CNC(CC23CCCCC3)C1C(=O)NC1CNCCC1N1CCC(N2CCC(F)C2)CC1. The Hall–Kier alpha value is -0.550. The van der Waals surface area contributed by atoms with Gasteiger partial charge in [-0.25, -0.2) is 4.39 Å². The second-order valence-corrected chi connectivity index (χ2v) is 14.5. The molecule has 6 N–H and O–H groups in total. The minimum atomic E-state index is -0.655. The quantitative estimate of drug-likeness (QED) is 0.324. The molecule has 1 amide bonds. The Morgan fingerprint density at radius 2 is 1.75 bits per heavy atom. The van der Waals surface area contributed by atoms with Gasteiger partial charge in [-0.2, -0.15) is 0 Å². The van der Waals surface area contributed by atoms with Crippen molar-refractivity contribution in [1.29, 1.82) is 0 Å². The van der Waals surface area contributed by atoms with E-state index in [0.717, 1.165) is 77.8 Å². The van der Waals surface area contributed by atoms with Gasteiger partial charge in [0.05, 0.1) is 18.1 Å². The molecule has 8 nitrogen and oxygen atoms in total. The summed E-state index contributed by atoms with van der Waals surface area (Å²) in [6.45, 7) is 6.03. The van der Waals surface area contributed by atoms with Gasteiger partial charge in [-0.05, 0) is 69.7 Å². The number of likely N-dealkylation sites (tertiary alicyclic amines) is 2. The first kappa shape index (κ1) is 29.5. The van der Waals surface area contributed by atoms with Crippen LogP contribution in [0.25, 0.3) is 0 Å². The first-order valence-electron chi connectivity index (χ1n) is 16.4. The highest BCUT2D eigenvalue weighted by molar-refractivity contribution is 6.20. The van der Waals surface area contributed by atoms with Crippen LogP contribution in [0, 0.1) is 11.3 Å². The van der Waals surface area contributed by atoms with Gasteiger partial charge in [-0.1, -0.05) is 19.3 Å². The second-order valence-electron chi connectivity index (χ2n) is 13.9. The predicted octanol–water partition coefficient (Wildman–Crippen LogP) is 1.91. The molecule has 8 atom stereocenters. The monoisotopic (exact) mass is 581 g/mol. The lowest BCUT2D eigenvalue weighted by Crippen LogP contribution is -2.65. The molecule has 5 aliphatic heterocycles. The molecule has 6 aliphatic rings. The summed E-state index contributed by atoms with van der Waals surface area (Å²) in [5.74, 6) is -0.252. The van der Waals surface area contributed by atoms with E-state index in [1.807, 2.05) is 0 Å². The van der Waals surface area contributed by atoms with Crippen molar-refractivity contribution < 1.29 is 9.18 Å². The third-order valence-corrected chi connectivity index (χ3v) is 11.9. The number of carbonyl (C=O) groups excluding carboxylic acids is 1. The number of halogens is 2. The van der Waals surface area contributed by atoms with Crippen LogP contribution in [-0.4, -0.2) is 109 Å². The van der Waals surface area contributed by atoms with Gasteiger partial charge in [0.1, 0.15) is 6.17 Å². The number of nitrogens with two attached hydrogens (primary N) is 1. The fourth-order valence-corrected chi connectivity index (χ4v) is 9.52. The maximum Gasteiger partial charge on any atom is 0.227 e. The Labute approximate surface area is 245 Å². The van der Waals surface area contributed by atoms with Crippen LogP contribution in [0.1, 0.15) is 77.0 Å². The van der Waals surface area contributed by atoms with Crippen molar-refractivity contribution in [2.45, 2.75) is 125 Å². The molecule has 0 radical (unpaired) electrons. The first-order chi connectivity index (χ1) is 19.4. The van der Waals surface area contributed by atoms with Crippen molar-refractivity contribution >= 4 is 17.5 Å². The smallest absolute Gasteiger partial charge is 0.227 e. The van der Waals surface area contributed by atoms with Crippen LogP contribution in [0.4, 0.5) is 4.39 Å². The molecule has 40 heavy (non-hydrogen) atoms. The maximum absolute atomic E-state index is 14.2. The molecule has 1 saturated carbocycles. The predicted molar refractivity (Wildman–Crippen MR) is 158 cm³/mol. The zero-order valence-corrected chi connectivity index (χ0v) is 25.0. The van der Waals surface area contributed by atoms with E-state index >= 15 is 0 Å². The molecule has 1 aliphatic carbocycles. The summed E-state index contributed by atoms with van der Waals surface area (Å²) in [5, 5.41) is 14.7. The first-order valence-corrected chi connectivity index (χ1v) is 16.9. The molecular weight excluding hydrogens is 529 g/mol. The average Bonchev–Trinajstić information content (AvgIpc) is 3.38. The van der Waals surface area contributed by atoms with Crippen molar-refractivity contribution in [3.8, 4) is 0 Å². The Bertz CT molecular complexity index is 854. The van der Waals surface area contributed by atoms with Crippen LogP contribution >= 0.6 is 11.6 Å². The number of rotatable bonds is 4. The van der Waals surface area contributed by atoms with E-state index in [1.54, 1.807) is 0 Å². The number of fused-ring (bicyclic) bond motifs is 1. The topological polar surface area (TPSA) is 97.7 Å². The molecule has 8 unspecified atom stereocenters. The van der Waals surface area contributed by atoms with Gasteiger partial charge in [0.2, 0.25) is 5.91 Å². The zero-order chi connectivity index (χ0) is 27.7. The second kappa shape index (κ2) is 13.0. The van der Waals surface area contributed by atoms with Gasteiger partial charge in [0, 0.05) is 68.8 Å². The van der Waals surface area contributed by atoms with Crippen LogP contribution < -0.4 is 27.0 Å². The summed E-state index contributed by atoms with van der Waals surface area (Å²) in [4.78, 5) is 19.1. The molecule has 6 rings (SSSR count). The summed E-state index contributed by atoms with van der Waals surface area (Å²) in [6.07, 6.45) is 12.1. The van der Waals surface area contributed by atoms with E-state index in [4.69, 9.17) is 17.3 Å². The lowest BCUT2D eigenvalue weighted by atomic mass is 9.64. The van der Waals surface area contributed by atoms with Crippen molar-refractivity contribution in [3.05, 3.63) is 0 Å². The normalized spacial score (nSPS) is 42.2. The number of nitrogens with zero attached hydrogens (tertiary/aromatic N) is 2. The van der Waals surface area contributed by atoms with Crippen molar-refractivity contribution in [2.75, 3.05) is 45.8 Å². The molecule has 5 saturated heterocycles. The van der Waals surface area contributed by atoms with Crippen LogP contribution in [0.3, 0.4) is 0 Å². The number of alkyl halides is 2. The molecule has 10 heteroatoms. The molecule has 5 heterocycles. The molecule has 1 spiro atoms. The van der Waals surface area contributed by atoms with Gasteiger partial charge >= 0.3 is 0 Å². The minimum Gasteiger partial charge on any atom is -0.350 e.